The predicted molar refractivity (Wildman–Crippen MR) is 75.0 cm³/mol. The van der Waals surface area contributed by atoms with Gasteiger partial charge in [-0.05, 0) is 44.4 Å². The van der Waals surface area contributed by atoms with Crippen LogP contribution >= 0.6 is 12.4 Å². The molecular formula is C13H22ClN3O. The second-order valence-electron chi connectivity index (χ2n) is 4.93. The van der Waals surface area contributed by atoms with Crippen LogP contribution in [0.15, 0.2) is 12.1 Å². The van der Waals surface area contributed by atoms with Gasteiger partial charge in [0, 0.05) is 18.8 Å². The third-order valence-corrected chi connectivity index (χ3v) is 3.88. The van der Waals surface area contributed by atoms with Gasteiger partial charge < -0.3 is 15.6 Å². The van der Waals surface area contributed by atoms with Crippen molar-refractivity contribution in [2.45, 2.75) is 32.2 Å². The van der Waals surface area contributed by atoms with Crippen molar-refractivity contribution in [1.82, 2.24) is 9.88 Å². The van der Waals surface area contributed by atoms with Crippen molar-refractivity contribution in [1.29, 1.82) is 0 Å². The van der Waals surface area contributed by atoms with Crippen LogP contribution in [0.1, 0.15) is 35.4 Å². The lowest BCUT2D eigenvalue weighted by atomic mass is 10.0. The number of aryl methyl sites for hydroxylation is 1. The standard InChI is InChI=1S/C13H21N3O.ClH/c1-9-6-7-12(16(9)2)13(17)15-11-5-3-4-10(11)8-14;/h6-7,10-11H,3-5,8,14H2,1-2H3,(H,15,17);1H. The van der Waals surface area contributed by atoms with Gasteiger partial charge in [0.1, 0.15) is 5.69 Å². The van der Waals surface area contributed by atoms with E-state index >= 15 is 0 Å². The number of halogens is 1. The summed E-state index contributed by atoms with van der Waals surface area (Å²) in [5, 5.41) is 3.11. The minimum atomic E-state index is 0. The summed E-state index contributed by atoms with van der Waals surface area (Å²) in [5.41, 5.74) is 7.54. The Bertz CT molecular complexity index is 416. The fourth-order valence-corrected chi connectivity index (χ4v) is 2.59. The normalized spacial score (nSPS) is 22.6. The topological polar surface area (TPSA) is 60.1 Å². The van der Waals surface area contributed by atoms with Gasteiger partial charge in [-0.25, -0.2) is 0 Å². The second-order valence-corrected chi connectivity index (χ2v) is 4.93. The van der Waals surface area contributed by atoms with Gasteiger partial charge >= 0.3 is 0 Å². The first-order valence-electron chi connectivity index (χ1n) is 6.26. The van der Waals surface area contributed by atoms with E-state index in [-0.39, 0.29) is 24.4 Å². The number of hydrogen-bond acceptors (Lipinski definition) is 2. The SMILES string of the molecule is Cc1ccc(C(=O)NC2CCCC2CN)n1C.Cl. The molecule has 1 aromatic heterocycles. The molecule has 1 aliphatic rings. The smallest absolute Gasteiger partial charge is 0.268 e. The number of amides is 1. The molecule has 2 atom stereocenters. The summed E-state index contributed by atoms with van der Waals surface area (Å²) in [6.07, 6.45) is 3.35. The van der Waals surface area contributed by atoms with Crippen LogP contribution in [0.5, 0.6) is 0 Å². The first-order chi connectivity index (χ1) is 8.13. The Balaban J connectivity index is 0.00000162. The molecule has 0 aliphatic heterocycles. The summed E-state index contributed by atoms with van der Waals surface area (Å²) in [4.78, 5) is 12.1. The fraction of sp³-hybridized carbons (Fsp3) is 0.615. The number of nitrogens with two attached hydrogens (primary N) is 1. The van der Waals surface area contributed by atoms with Crippen molar-refractivity contribution < 1.29 is 4.79 Å². The van der Waals surface area contributed by atoms with Gasteiger partial charge in [0.05, 0.1) is 0 Å². The highest BCUT2D eigenvalue weighted by Crippen LogP contribution is 2.24. The number of carbonyl (C=O) groups excluding carboxylic acids is 1. The molecule has 0 aromatic carbocycles. The molecule has 4 nitrogen and oxygen atoms in total. The molecule has 0 bridgehead atoms. The van der Waals surface area contributed by atoms with E-state index in [1.165, 1.54) is 6.42 Å². The molecule has 102 valence electrons. The Morgan fingerprint density at radius 2 is 2.22 bits per heavy atom. The average molecular weight is 272 g/mol. The lowest BCUT2D eigenvalue weighted by Crippen LogP contribution is -2.40. The lowest BCUT2D eigenvalue weighted by molar-refractivity contribution is 0.0920. The van der Waals surface area contributed by atoms with E-state index in [4.69, 9.17) is 5.73 Å². The molecule has 2 rings (SSSR count). The Hall–Kier alpha value is -1.00. The summed E-state index contributed by atoms with van der Waals surface area (Å²) in [7, 11) is 1.92. The molecule has 2 unspecified atom stereocenters. The monoisotopic (exact) mass is 271 g/mol. The van der Waals surface area contributed by atoms with E-state index in [1.54, 1.807) is 0 Å². The van der Waals surface area contributed by atoms with Gasteiger partial charge in [0.15, 0.2) is 0 Å². The van der Waals surface area contributed by atoms with Crippen LogP contribution in [0.3, 0.4) is 0 Å². The van der Waals surface area contributed by atoms with E-state index in [9.17, 15) is 4.79 Å². The second kappa shape index (κ2) is 6.25. The van der Waals surface area contributed by atoms with Crippen molar-refractivity contribution in [2.75, 3.05) is 6.54 Å². The summed E-state index contributed by atoms with van der Waals surface area (Å²) in [6, 6.07) is 4.09. The van der Waals surface area contributed by atoms with Crippen LogP contribution in [0.4, 0.5) is 0 Å². The van der Waals surface area contributed by atoms with Gasteiger partial charge in [-0.2, -0.15) is 0 Å². The fourth-order valence-electron chi connectivity index (χ4n) is 2.59. The average Bonchev–Trinajstić information content (AvgIpc) is 2.87. The molecule has 1 aromatic rings. The predicted octanol–water partition coefficient (Wildman–Crippen LogP) is 1.61. The van der Waals surface area contributed by atoms with Crippen LogP contribution in [-0.2, 0) is 7.05 Å². The molecule has 5 heteroatoms. The van der Waals surface area contributed by atoms with E-state index in [0.717, 1.165) is 24.2 Å². The quantitative estimate of drug-likeness (QED) is 0.878. The molecule has 0 spiro atoms. The maximum absolute atomic E-state index is 12.1. The lowest BCUT2D eigenvalue weighted by Gasteiger charge is -2.19. The third kappa shape index (κ3) is 2.87. The van der Waals surface area contributed by atoms with Crippen molar-refractivity contribution >= 4 is 18.3 Å². The molecule has 0 radical (unpaired) electrons. The first kappa shape index (κ1) is 15.1. The Kier molecular flexibility index (Phi) is 5.23. The highest BCUT2D eigenvalue weighted by molar-refractivity contribution is 5.93. The number of rotatable bonds is 3. The zero-order chi connectivity index (χ0) is 12.4. The Labute approximate surface area is 114 Å². The van der Waals surface area contributed by atoms with Crippen molar-refractivity contribution in [2.24, 2.45) is 18.7 Å². The van der Waals surface area contributed by atoms with E-state index < -0.39 is 0 Å². The number of nitrogens with zero attached hydrogens (tertiary/aromatic N) is 1. The molecule has 1 aliphatic carbocycles. The number of carbonyl (C=O) groups is 1. The largest absolute Gasteiger partial charge is 0.348 e. The zero-order valence-electron chi connectivity index (χ0n) is 11.0. The van der Waals surface area contributed by atoms with Crippen LogP contribution < -0.4 is 11.1 Å². The van der Waals surface area contributed by atoms with E-state index in [2.05, 4.69) is 5.32 Å². The molecule has 3 N–H and O–H groups in total. The highest BCUT2D eigenvalue weighted by atomic mass is 35.5. The summed E-state index contributed by atoms with van der Waals surface area (Å²) < 4.78 is 1.92. The van der Waals surface area contributed by atoms with Gasteiger partial charge in [-0.15, -0.1) is 12.4 Å². The van der Waals surface area contributed by atoms with Crippen LogP contribution in [-0.4, -0.2) is 23.1 Å². The van der Waals surface area contributed by atoms with Crippen molar-refractivity contribution in [3.63, 3.8) is 0 Å². The van der Waals surface area contributed by atoms with Gasteiger partial charge in [-0.1, -0.05) is 6.42 Å². The summed E-state index contributed by atoms with van der Waals surface area (Å²) >= 11 is 0. The number of aromatic nitrogens is 1. The molecule has 1 heterocycles. The summed E-state index contributed by atoms with van der Waals surface area (Å²) in [5.74, 6) is 0.464. The molecule has 1 fully saturated rings. The zero-order valence-corrected chi connectivity index (χ0v) is 11.8. The van der Waals surface area contributed by atoms with Crippen molar-refractivity contribution in [3.05, 3.63) is 23.5 Å². The van der Waals surface area contributed by atoms with Crippen molar-refractivity contribution in [3.8, 4) is 0 Å². The summed E-state index contributed by atoms with van der Waals surface area (Å²) in [6.45, 7) is 2.66. The highest BCUT2D eigenvalue weighted by Gasteiger charge is 2.28. The number of nitrogens with one attached hydrogen (secondary N) is 1. The van der Waals surface area contributed by atoms with Crippen LogP contribution in [0.25, 0.3) is 0 Å². The van der Waals surface area contributed by atoms with Gasteiger partial charge in [0.25, 0.3) is 5.91 Å². The maximum atomic E-state index is 12.1. The van der Waals surface area contributed by atoms with E-state index in [1.807, 2.05) is 30.7 Å². The Morgan fingerprint density at radius 1 is 1.50 bits per heavy atom. The third-order valence-electron chi connectivity index (χ3n) is 3.88. The first-order valence-corrected chi connectivity index (χ1v) is 6.26. The molecule has 1 amide bonds. The maximum Gasteiger partial charge on any atom is 0.268 e. The minimum absolute atomic E-state index is 0. The molecule has 1 saturated carbocycles. The Morgan fingerprint density at radius 3 is 2.78 bits per heavy atom. The minimum Gasteiger partial charge on any atom is -0.348 e. The van der Waals surface area contributed by atoms with Crippen LogP contribution in [0.2, 0.25) is 0 Å². The molecule has 18 heavy (non-hydrogen) atoms. The van der Waals surface area contributed by atoms with Gasteiger partial charge in [-0.3, -0.25) is 4.79 Å². The van der Waals surface area contributed by atoms with Gasteiger partial charge in [0.2, 0.25) is 0 Å². The number of hydrogen-bond donors (Lipinski definition) is 2. The molecule has 0 saturated heterocycles. The molecular weight excluding hydrogens is 250 g/mol. The van der Waals surface area contributed by atoms with Crippen LogP contribution in [0, 0.1) is 12.8 Å². The van der Waals surface area contributed by atoms with E-state index in [0.29, 0.717) is 12.5 Å².